The molecular weight excluding hydrogens is 388 g/mol. The lowest BCUT2D eigenvalue weighted by molar-refractivity contribution is 1.39. The van der Waals surface area contributed by atoms with Crippen molar-refractivity contribution in [3.05, 3.63) is 50.9 Å². The molecule has 0 unspecified atom stereocenters. The van der Waals surface area contributed by atoms with Crippen LogP contribution in [0.3, 0.4) is 0 Å². The van der Waals surface area contributed by atoms with E-state index in [0.717, 1.165) is 25.3 Å². The fourth-order valence-corrected chi connectivity index (χ4v) is 4.01. The number of fused-ring (bicyclic) bond motifs is 1. The summed E-state index contributed by atoms with van der Waals surface area (Å²) >= 11 is 8.75. The summed E-state index contributed by atoms with van der Waals surface area (Å²) in [6.07, 6.45) is 0. The fraction of sp³-hybridized carbons (Fsp3) is 0.0714. The van der Waals surface area contributed by atoms with Gasteiger partial charge in [0.2, 0.25) is 0 Å². The van der Waals surface area contributed by atoms with Crippen molar-refractivity contribution in [1.82, 2.24) is 4.98 Å². The SMILES string of the molecule is Cc1cccc2sc(Nc3c(Br)cccc3Br)nc12. The Hall–Kier alpha value is -0.910. The molecule has 1 N–H and O–H groups in total. The number of hydrogen-bond donors (Lipinski definition) is 1. The van der Waals surface area contributed by atoms with Crippen molar-refractivity contribution in [2.75, 3.05) is 5.32 Å². The maximum Gasteiger partial charge on any atom is 0.188 e. The van der Waals surface area contributed by atoms with Crippen LogP contribution < -0.4 is 5.32 Å². The standard InChI is InChI=1S/C14H10Br2N2S/c1-8-4-2-7-11-12(8)17-14(19-11)18-13-9(15)5-3-6-10(13)16/h2-7H,1H3,(H,17,18). The van der Waals surface area contributed by atoms with Crippen LogP contribution in [0, 0.1) is 6.92 Å². The number of thiazole rings is 1. The first-order valence-electron chi connectivity index (χ1n) is 5.72. The molecule has 0 bridgehead atoms. The number of para-hydroxylation sites is 2. The van der Waals surface area contributed by atoms with E-state index >= 15 is 0 Å². The van der Waals surface area contributed by atoms with Gasteiger partial charge >= 0.3 is 0 Å². The Labute approximate surface area is 132 Å². The van der Waals surface area contributed by atoms with Crippen LogP contribution in [0.4, 0.5) is 10.8 Å². The van der Waals surface area contributed by atoms with E-state index in [4.69, 9.17) is 0 Å². The highest BCUT2D eigenvalue weighted by Gasteiger charge is 2.09. The average Bonchev–Trinajstić information content (AvgIpc) is 2.78. The first kappa shape index (κ1) is 13.1. The lowest BCUT2D eigenvalue weighted by atomic mass is 10.2. The van der Waals surface area contributed by atoms with Crippen LogP contribution in [-0.2, 0) is 0 Å². The smallest absolute Gasteiger partial charge is 0.188 e. The maximum atomic E-state index is 4.66. The summed E-state index contributed by atoms with van der Waals surface area (Å²) in [6, 6.07) is 12.2. The van der Waals surface area contributed by atoms with Gasteiger partial charge in [0.15, 0.2) is 5.13 Å². The van der Waals surface area contributed by atoms with Crippen LogP contribution in [0.5, 0.6) is 0 Å². The second-order valence-electron chi connectivity index (χ2n) is 4.16. The quantitative estimate of drug-likeness (QED) is 0.584. The molecule has 0 atom stereocenters. The number of rotatable bonds is 2. The van der Waals surface area contributed by atoms with Gasteiger partial charge in [0.05, 0.1) is 15.9 Å². The van der Waals surface area contributed by atoms with E-state index in [9.17, 15) is 0 Å². The van der Waals surface area contributed by atoms with E-state index in [1.54, 1.807) is 11.3 Å². The highest BCUT2D eigenvalue weighted by atomic mass is 79.9. The molecule has 0 spiro atoms. The zero-order valence-corrected chi connectivity index (χ0v) is 14.1. The van der Waals surface area contributed by atoms with Crippen LogP contribution in [0.15, 0.2) is 45.3 Å². The highest BCUT2D eigenvalue weighted by molar-refractivity contribution is 9.11. The molecule has 3 aromatic rings. The van der Waals surface area contributed by atoms with Crippen LogP contribution in [0.1, 0.15) is 5.56 Å². The molecule has 0 amide bonds. The molecule has 0 radical (unpaired) electrons. The second kappa shape index (κ2) is 5.23. The lowest BCUT2D eigenvalue weighted by Gasteiger charge is -2.07. The average molecular weight is 398 g/mol. The molecule has 0 saturated carbocycles. The summed E-state index contributed by atoms with van der Waals surface area (Å²) in [5.41, 5.74) is 3.27. The predicted octanol–water partition coefficient (Wildman–Crippen LogP) is 5.87. The van der Waals surface area contributed by atoms with Gasteiger partial charge in [-0.2, -0.15) is 0 Å². The molecule has 96 valence electrons. The summed E-state index contributed by atoms with van der Waals surface area (Å²) < 4.78 is 3.22. The van der Waals surface area contributed by atoms with Crippen molar-refractivity contribution in [3.63, 3.8) is 0 Å². The van der Waals surface area contributed by atoms with Gasteiger partial charge in [-0.05, 0) is 62.5 Å². The van der Waals surface area contributed by atoms with Crippen LogP contribution >= 0.6 is 43.2 Å². The number of hydrogen-bond acceptors (Lipinski definition) is 3. The number of nitrogens with one attached hydrogen (secondary N) is 1. The van der Waals surface area contributed by atoms with E-state index in [1.165, 1.54) is 10.3 Å². The molecule has 1 heterocycles. The molecule has 3 rings (SSSR count). The number of aryl methyl sites for hydroxylation is 1. The molecule has 0 fully saturated rings. The van der Waals surface area contributed by atoms with E-state index < -0.39 is 0 Å². The third-order valence-electron chi connectivity index (χ3n) is 2.82. The van der Waals surface area contributed by atoms with Gasteiger partial charge in [-0.15, -0.1) is 0 Å². The number of nitrogens with zero attached hydrogens (tertiary/aromatic N) is 1. The molecule has 2 aromatic carbocycles. The van der Waals surface area contributed by atoms with E-state index in [2.05, 4.69) is 67.3 Å². The molecule has 0 saturated heterocycles. The van der Waals surface area contributed by atoms with Crippen molar-refractivity contribution in [2.24, 2.45) is 0 Å². The molecular formula is C14H10Br2N2S. The van der Waals surface area contributed by atoms with E-state index in [0.29, 0.717) is 0 Å². The zero-order chi connectivity index (χ0) is 13.4. The summed E-state index contributed by atoms with van der Waals surface area (Å²) in [5.74, 6) is 0. The Balaban J connectivity index is 2.04. The van der Waals surface area contributed by atoms with Gasteiger partial charge in [-0.1, -0.05) is 29.5 Å². The summed E-state index contributed by atoms with van der Waals surface area (Å²) in [7, 11) is 0. The van der Waals surface area contributed by atoms with E-state index in [1.807, 2.05) is 18.2 Å². The molecule has 0 aliphatic carbocycles. The number of anilines is 2. The largest absolute Gasteiger partial charge is 0.330 e. The minimum atomic E-state index is 0.900. The Morgan fingerprint density at radius 2 is 1.74 bits per heavy atom. The summed E-state index contributed by atoms with van der Waals surface area (Å²) in [4.78, 5) is 4.66. The third kappa shape index (κ3) is 2.55. The Morgan fingerprint density at radius 3 is 2.42 bits per heavy atom. The number of halogens is 2. The molecule has 1 aromatic heterocycles. The number of aromatic nitrogens is 1. The normalized spacial score (nSPS) is 10.9. The highest BCUT2D eigenvalue weighted by Crippen LogP contribution is 2.36. The molecule has 5 heteroatoms. The van der Waals surface area contributed by atoms with Crippen molar-refractivity contribution in [1.29, 1.82) is 0 Å². The van der Waals surface area contributed by atoms with Crippen molar-refractivity contribution in [3.8, 4) is 0 Å². The van der Waals surface area contributed by atoms with Gasteiger partial charge in [0, 0.05) is 8.95 Å². The zero-order valence-electron chi connectivity index (χ0n) is 10.1. The Morgan fingerprint density at radius 1 is 1.05 bits per heavy atom. The lowest BCUT2D eigenvalue weighted by Crippen LogP contribution is -1.91. The first-order valence-corrected chi connectivity index (χ1v) is 8.12. The van der Waals surface area contributed by atoms with Crippen molar-refractivity contribution < 1.29 is 0 Å². The number of benzene rings is 2. The van der Waals surface area contributed by atoms with Crippen molar-refractivity contribution in [2.45, 2.75) is 6.92 Å². The summed E-state index contributed by atoms with van der Waals surface area (Å²) in [6.45, 7) is 2.08. The maximum absolute atomic E-state index is 4.66. The molecule has 2 nitrogen and oxygen atoms in total. The monoisotopic (exact) mass is 396 g/mol. The Bertz CT molecular complexity index is 732. The van der Waals surface area contributed by atoms with Crippen molar-refractivity contribution >= 4 is 64.2 Å². The molecule has 0 aliphatic heterocycles. The van der Waals surface area contributed by atoms with Gasteiger partial charge in [0.25, 0.3) is 0 Å². The van der Waals surface area contributed by atoms with Crippen LogP contribution in [-0.4, -0.2) is 4.98 Å². The molecule has 19 heavy (non-hydrogen) atoms. The van der Waals surface area contributed by atoms with Gasteiger partial charge in [-0.3, -0.25) is 0 Å². The van der Waals surface area contributed by atoms with Gasteiger partial charge in [0.1, 0.15) is 0 Å². The topological polar surface area (TPSA) is 24.9 Å². The minimum Gasteiger partial charge on any atom is -0.330 e. The fourth-order valence-electron chi connectivity index (χ4n) is 1.86. The molecule has 0 aliphatic rings. The van der Waals surface area contributed by atoms with Gasteiger partial charge in [-0.25, -0.2) is 4.98 Å². The third-order valence-corrected chi connectivity index (χ3v) is 5.07. The first-order chi connectivity index (χ1) is 9.15. The Kier molecular flexibility index (Phi) is 3.60. The van der Waals surface area contributed by atoms with Crippen LogP contribution in [0.25, 0.3) is 10.2 Å². The van der Waals surface area contributed by atoms with E-state index in [-0.39, 0.29) is 0 Å². The summed E-state index contributed by atoms with van der Waals surface area (Å²) in [5, 5.41) is 4.27. The predicted molar refractivity (Wildman–Crippen MR) is 89.5 cm³/mol. The van der Waals surface area contributed by atoms with Gasteiger partial charge < -0.3 is 5.32 Å². The van der Waals surface area contributed by atoms with Crippen LogP contribution in [0.2, 0.25) is 0 Å². The second-order valence-corrected chi connectivity index (χ2v) is 6.90. The minimum absolute atomic E-state index is 0.900.